The molecule has 0 saturated carbocycles. The summed E-state index contributed by atoms with van der Waals surface area (Å²) < 4.78 is 0. The van der Waals surface area contributed by atoms with Crippen molar-refractivity contribution in [3.05, 3.63) is 35.9 Å². The van der Waals surface area contributed by atoms with Crippen LogP contribution < -0.4 is 0 Å². The van der Waals surface area contributed by atoms with Crippen LogP contribution in [0.1, 0.15) is 37.9 Å². The molecule has 4 nitrogen and oxygen atoms in total. The maximum atomic E-state index is 12.3. The third-order valence-electron chi connectivity index (χ3n) is 4.11. The van der Waals surface area contributed by atoms with Crippen molar-refractivity contribution in [2.75, 3.05) is 13.2 Å². The summed E-state index contributed by atoms with van der Waals surface area (Å²) >= 11 is 0. The Morgan fingerprint density at radius 3 is 2.70 bits per heavy atom. The Hall–Kier alpha value is -1.39. The van der Waals surface area contributed by atoms with Crippen LogP contribution in [0, 0.1) is 5.92 Å². The first-order chi connectivity index (χ1) is 9.61. The molecule has 1 aliphatic rings. The molecule has 3 unspecified atom stereocenters. The van der Waals surface area contributed by atoms with Gasteiger partial charge in [-0.2, -0.15) is 0 Å². The number of rotatable bonds is 4. The zero-order valence-corrected chi connectivity index (χ0v) is 11.9. The SMILES string of the molecule is CC1CCC(CO)CN1C(=O)CC(O)c1ccccc1. The minimum atomic E-state index is -0.759. The van der Waals surface area contributed by atoms with E-state index in [0.29, 0.717) is 6.54 Å². The Bertz CT molecular complexity index is 435. The lowest BCUT2D eigenvalue weighted by molar-refractivity contribution is -0.138. The molecule has 3 atom stereocenters. The van der Waals surface area contributed by atoms with Gasteiger partial charge in [0, 0.05) is 19.2 Å². The maximum absolute atomic E-state index is 12.3. The molecule has 0 bridgehead atoms. The average molecular weight is 277 g/mol. The van der Waals surface area contributed by atoms with Gasteiger partial charge in [0.15, 0.2) is 0 Å². The van der Waals surface area contributed by atoms with Crippen molar-refractivity contribution < 1.29 is 15.0 Å². The van der Waals surface area contributed by atoms with Gasteiger partial charge in [-0.1, -0.05) is 30.3 Å². The lowest BCUT2D eigenvalue weighted by Crippen LogP contribution is -2.46. The number of likely N-dealkylation sites (tertiary alicyclic amines) is 1. The second-order valence-electron chi connectivity index (χ2n) is 5.65. The van der Waals surface area contributed by atoms with Gasteiger partial charge >= 0.3 is 0 Å². The van der Waals surface area contributed by atoms with Crippen LogP contribution in [0.15, 0.2) is 30.3 Å². The Morgan fingerprint density at radius 2 is 2.05 bits per heavy atom. The predicted molar refractivity (Wildman–Crippen MR) is 77.0 cm³/mol. The van der Waals surface area contributed by atoms with Crippen LogP contribution >= 0.6 is 0 Å². The first-order valence-corrected chi connectivity index (χ1v) is 7.25. The van der Waals surface area contributed by atoms with Crippen LogP contribution in [-0.4, -0.2) is 40.2 Å². The van der Waals surface area contributed by atoms with E-state index in [-0.39, 0.29) is 30.9 Å². The molecule has 1 heterocycles. The highest BCUT2D eigenvalue weighted by Gasteiger charge is 2.29. The molecule has 0 aliphatic carbocycles. The van der Waals surface area contributed by atoms with Gasteiger partial charge in [0.2, 0.25) is 5.91 Å². The van der Waals surface area contributed by atoms with E-state index in [1.807, 2.05) is 37.3 Å². The van der Waals surface area contributed by atoms with Crippen molar-refractivity contribution in [2.45, 2.75) is 38.3 Å². The summed E-state index contributed by atoms with van der Waals surface area (Å²) in [6, 6.07) is 9.44. The summed E-state index contributed by atoms with van der Waals surface area (Å²) in [5.41, 5.74) is 0.768. The van der Waals surface area contributed by atoms with Crippen LogP contribution in [0.3, 0.4) is 0 Å². The summed E-state index contributed by atoms with van der Waals surface area (Å²) in [5, 5.41) is 19.4. The third-order valence-corrected chi connectivity index (χ3v) is 4.11. The molecule has 1 aromatic carbocycles. The zero-order valence-electron chi connectivity index (χ0n) is 11.9. The quantitative estimate of drug-likeness (QED) is 0.881. The number of benzene rings is 1. The Balaban J connectivity index is 1.96. The molecular weight excluding hydrogens is 254 g/mol. The largest absolute Gasteiger partial charge is 0.396 e. The number of amides is 1. The van der Waals surface area contributed by atoms with Crippen molar-refractivity contribution in [1.82, 2.24) is 4.90 Å². The molecule has 0 aromatic heterocycles. The molecule has 1 aliphatic heterocycles. The van der Waals surface area contributed by atoms with Crippen LogP contribution in [0.25, 0.3) is 0 Å². The van der Waals surface area contributed by atoms with Gasteiger partial charge in [-0.3, -0.25) is 4.79 Å². The number of carbonyl (C=O) groups is 1. The molecule has 0 spiro atoms. The number of aliphatic hydroxyl groups excluding tert-OH is 2. The molecule has 0 radical (unpaired) electrons. The minimum absolute atomic E-state index is 0.0352. The third kappa shape index (κ3) is 3.58. The van der Waals surface area contributed by atoms with E-state index in [2.05, 4.69) is 0 Å². The topological polar surface area (TPSA) is 60.8 Å². The molecule has 2 rings (SSSR count). The van der Waals surface area contributed by atoms with E-state index >= 15 is 0 Å². The van der Waals surface area contributed by atoms with Crippen molar-refractivity contribution in [1.29, 1.82) is 0 Å². The Morgan fingerprint density at radius 1 is 1.35 bits per heavy atom. The summed E-state index contributed by atoms with van der Waals surface area (Å²) in [5.74, 6) is 0.135. The number of carbonyl (C=O) groups excluding carboxylic acids is 1. The number of piperidine rings is 1. The molecular formula is C16H23NO3. The smallest absolute Gasteiger partial charge is 0.225 e. The molecule has 4 heteroatoms. The van der Waals surface area contributed by atoms with Crippen molar-refractivity contribution >= 4 is 5.91 Å². The minimum Gasteiger partial charge on any atom is -0.396 e. The fourth-order valence-electron chi connectivity index (χ4n) is 2.75. The van der Waals surface area contributed by atoms with Crippen LogP contribution in [0.2, 0.25) is 0 Å². The second-order valence-corrected chi connectivity index (χ2v) is 5.65. The monoisotopic (exact) mass is 277 g/mol. The second kappa shape index (κ2) is 6.86. The highest BCUT2D eigenvalue weighted by molar-refractivity contribution is 5.77. The summed E-state index contributed by atoms with van der Waals surface area (Å²) in [4.78, 5) is 14.1. The van der Waals surface area contributed by atoms with E-state index in [0.717, 1.165) is 18.4 Å². The number of hydrogen-bond acceptors (Lipinski definition) is 3. The fourth-order valence-corrected chi connectivity index (χ4v) is 2.75. The summed E-state index contributed by atoms with van der Waals surface area (Å²) in [6.45, 7) is 2.75. The number of hydrogen-bond donors (Lipinski definition) is 2. The van der Waals surface area contributed by atoms with Gasteiger partial charge in [0.25, 0.3) is 0 Å². The summed E-state index contributed by atoms with van der Waals surface area (Å²) in [7, 11) is 0. The van der Waals surface area contributed by atoms with Gasteiger partial charge in [0.1, 0.15) is 0 Å². The van der Waals surface area contributed by atoms with Crippen LogP contribution in [0.4, 0.5) is 0 Å². The molecule has 1 amide bonds. The van der Waals surface area contributed by atoms with Gasteiger partial charge in [-0.05, 0) is 31.2 Å². The van der Waals surface area contributed by atoms with E-state index in [1.165, 1.54) is 0 Å². The summed E-state index contributed by atoms with van der Waals surface area (Å²) in [6.07, 6.45) is 1.22. The molecule has 20 heavy (non-hydrogen) atoms. The van der Waals surface area contributed by atoms with E-state index in [9.17, 15) is 15.0 Å². The highest BCUT2D eigenvalue weighted by Crippen LogP contribution is 2.24. The lowest BCUT2D eigenvalue weighted by Gasteiger charge is -2.38. The normalized spacial score (nSPS) is 24.4. The van der Waals surface area contributed by atoms with Crippen molar-refractivity contribution in [2.24, 2.45) is 5.92 Å². The first-order valence-electron chi connectivity index (χ1n) is 7.25. The molecule has 1 fully saturated rings. The standard InChI is InChI=1S/C16H23NO3/c1-12-7-8-13(11-18)10-17(12)16(20)9-15(19)14-5-3-2-4-6-14/h2-6,12-13,15,18-19H,7-11H2,1H3. The van der Waals surface area contributed by atoms with E-state index in [1.54, 1.807) is 4.90 Å². The van der Waals surface area contributed by atoms with E-state index < -0.39 is 6.10 Å². The zero-order chi connectivity index (χ0) is 14.5. The lowest BCUT2D eigenvalue weighted by atomic mass is 9.93. The van der Waals surface area contributed by atoms with Crippen LogP contribution in [0.5, 0.6) is 0 Å². The van der Waals surface area contributed by atoms with Gasteiger partial charge in [0.05, 0.1) is 12.5 Å². The first kappa shape index (κ1) is 15.0. The Kier molecular flexibility index (Phi) is 5.15. The van der Waals surface area contributed by atoms with Gasteiger partial charge in [-0.15, -0.1) is 0 Å². The highest BCUT2D eigenvalue weighted by atomic mass is 16.3. The maximum Gasteiger partial charge on any atom is 0.225 e. The van der Waals surface area contributed by atoms with Gasteiger partial charge in [-0.25, -0.2) is 0 Å². The molecule has 110 valence electrons. The van der Waals surface area contributed by atoms with Gasteiger partial charge < -0.3 is 15.1 Å². The molecule has 1 saturated heterocycles. The van der Waals surface area contributed by atoms with Crippen molar-refractivity contribution in [3.63, 3.8) is 0 Å². The molecule has 1 aromatic rings. The molecule has 2 N–H and O–H groups in total. The average Bonchev–Trinajstić information content (AvgIpc) is 2.48. The fraction of sp³-hybridized carbons (Fsp3) is 0.562. The van der Waals surface area contributed by atoms with E-state index in [4.69, 9.17) is 0 Å². The number of aliphatic hydroxyl groups is 2. The number of nitrogens with zero attached hydrogens (tertiary/aromatic N) is 1. The van der Waals surface area contributed by atoms with Crippen LogP contribution in [-0.2, 0) is 4.79 Å². The Labute approximate surface area is 120 Å². The van der Waals surface area contributed by atoms with Crippen molar-refractivity contribution in [3.8, 4) is 0 Å². The predicted octanol–water partition coefficient (Wildman–Crippen LogP) is 1.73.